The third-order valence-electron chi connectivity index (χ3n) is 3.24. The van der Waals surface area contributed by atoms with E-state index in [0.29, 0.717) is 6.61 Å². The second-order valence-corrected chi connectivity index (χ2v) is 4.94. The van der Waals surface area contributed by atoms with Gasteiger partial charge in [0.1, 0.15) is 0 Å². The Morgan fingerprint density at radius 2 is 2.00 bits per heavy atom. The first-order valence-electron chi connectivity index (χ1n) is 7.98. The lowest BCUT2D eigenvalue weighted by atomic mass is 10.1. The van der Waals surface area contributed by atoms with Crippen LogP contribution in [0.15, 0.2) is 24.8 Å². The van der Waals surface area contributed by atoms with Gasteiger partial charge in [-0.2, -0.15) is 0 Å². The molecule has 0 saturated carbocycles. The number of halogens is 1. The van der Waals surface area contributed by atoms with Crippen LogP contribution in [0.2, 0.25) is 0 Å². The van der Waals surface area contributed by atoms with Crippen LogP contribution in [0.1, 0.15) is 31.4 Å². The molecule has 0 heterocycles. The summed E-state index contributed by atoms with van der Waals surface area (Å²) in [5.74, 6) is 1.61. The van der Waals surface area contributed by atoms with Gasteiger partial charge in [-0.1, -0.05) is 12.1 Å². The standard InChI is InChI=1S/C18H29NO3.ClH/c1-5-9-16-12-15(14-19-10-8-11-21-6-2)13-17(20-4)18(16)22-7-3;/h5,12-13,19H,1,6-11,14H2,2-4H3;1H. The highest BCUT2D eigenvalue weighted by Crippen LogP contribution is 2.33. The minimum Gasteiger partial charge on any atom is -0.493 e. The van der Waals surface area contributed by atoms with Gasteiger partial charge in [-0.05, 0) is 44.9 Å². The molecule has 5 heteroatoms. The Labute approximate surface area is 146 Å². The lowest BCUT2D eigenvalue weighted by Crippen LogP contribution is -2.16. The largest absolute Gasteiger partial charge is 0.493 e. The summed E-state index contributed by atoms with van der Waals surface area (Å²) in [6, 6.07) is 4.19. The van der Waals surface area contributed by atoms with E-state index in [1.807, 2.05) is 26.0 Å². The maximum absolute atomic E-state index is 5.73. The number of ether oxygens (including phenoxy) is 3. The Morgan fingerprint density at radius 3 is 2.61 bits per heavy atom. The maximum atomic E-state index is 5.73. The lowest BCUT2D eigenvalue weighted by molar-refractivity contribution is 0.144. The topological polar surface area (TPSA) is 39.7 Å². The van der Waals surface area contributed by atoms with E-state index in [1.165, 1.54) is 5.56 Å². The van der Waals surface area contributed by atoms with E-state index in [9.17, 15) is 0 Å². The van der Waals surface area contributed by atoms with Gasteiger partial charge in [-0.3, -0.25) is 0 Å². The number of hydrogen-bond acceptors (Lipinski definition) is 4. The van der Waals surface area contributed by atoms with Gasteiger partial charge < -0.3 is 19.5 Å². The van der Waals surface area contributed by atoms with Crippen LogP contribution >= 0.6 is 12.4 Å². The molecule has 0 bridgehead atoms. The van der Waals surface area contributed by atoms with Crippen molar-refractivity contribution in [2.45, 2.75) is 33.2 Å². The number of hydrogen-bond donors (Lipinski definition) is 1. The summed E-state index contributed by atoms with van der Waals surface area (Å²) < 4.78 is 16.5. The molecule has 0 atom stereocenters. The van der Waals surface area contributed by atoms with E-state index in [0.717, 1.165) is 56.2 Å². The summed E-state index contributed by atoms with van der Waals surface area (Å²) >= 11 is 0. The number of nitrogens with one attached hydrogen (secondary N) is 1. The van der Waals surface area contributed by atoms with Gasteiger partial charge in [-0.25, -0.2) is 0 Å². The molecular formula is C18H30ClNO3. The first kappa shape index (κ1) is 21.8. The first-order valence-corrected chi connectivity index (χ1v) is 7.98. The van der Waals surface area contributed by atoms with Crippen molar-refractivity contribution in [1.29, 1.82) is 0 Å². The fourth-order valence-electron chi connectivity index (χ4n) is 2.27. The Kier molecular flexibility index (Phi) is 12.5. The second-order valence-electron chi connectivity index (χ2n) is 4.94. The smallest absolute Gasteiger partial charge is 0.164 e. The van der Waals surface area contributed by atoms with Crippen molar-refractivity contribution in [3.05, 3.63) is 35.9 Å². The molecule has 0 amide bonds. The van der Waals surface area contributed by atoms with E-state index in [2.05, 4.69) is 18.0 Å². The van der Waals surface area contributed by atoms with Gasteiger partial charge in [-0.15, -0.1) is 19.0 Å². The Morgan fingerprint density at radius 1 is 1.22 bits per heavy atom. The summed E-state index contributed by atoms with van der Waals surface area (Å²) in [6.45, 7) is 11.8. The molecule has 1 aromatic carbocycles. The molecule has 0 saturated heterocycles. The molecular weight excluding hydrogens is 314 g/mol. The number of methoxy groups -OCH3 is 1. The summed E-state index contributed by atoms with van der Waals surface area (Å²) in [4.78, 5) is 0. The van der Waals surface area contributed by atoms with Crippen molar-refractivity contribution >= 4 is 12.4 Å². The summed E-state index contributed by atoms with van der Waals surface area (Å²) in [7, 11) is 1.68. The zero-order valence-electron chi connectivity index (χ0n) is 14.5. The molecule has 4 nitrogen and oxygen atoms in total. The molecule has 0 aliphatic heterocycles. The molecule has 0 unspecified atom stereocenters. The van der Waals surface area contributed by atoms with Crippen LogP contribution in [0.3, 0.4) is 0 Å². The summed E-state index contributed by atoms with van der Waals surface area (Å²) in [6.07, 6.45) is 3.67. The van der Waals surface area contributed by atoms with Crippen molar-refractivity contribution in [2.24, 2.45) is 0 Å². The molecule has 0 radical (unpaired) electrons. The van der Waals surface area contributed by atoms with E-state index in [1.54, 1.807) is 7.11 Å². The lowest BCUT2D eigenvalue weighted by Gasteiger charge is -2.16. The molecule has 0 aliphatic rings. The van der Waals surface area contributed by atoms with Crippen LogP contribution in [0.5, 0.6) is 11.5 Å². The highest BCUT2D eigenvalue weighted by Gasteiger charge is 2.12. The summed E-state index contributed by atoms with van der Waals surface area (Å²) in [5.41, 5.74) is 2.30. The van der Waals surface area contributed by atoms with Gasteiger partial charge in [0.25, 0.3) is 0 Å². The monoisotopic (exact) mass is 343 g/mol. The minimum atomic E-state index is 0. The molecule has 23 heavy (non-hydrogen) atoms. The van der Waals surface area contributed by atoms with Crippen LogP contribution < -0.4 is 14.8 Å². The zero-order chi connectivity index (χ0) is 16.2. The molecule has 1 rings (SSSR count). The SMILES string of the molecule is C=CCc1cc(CNCCCOCC)cc(OC)c1OCC.Cl. The van der Waals surface area contributed by atoms with Gasteiger partial charge >= 0.3 is 0 Å². The van der Waals surface area contributed by atoms with Crippen molar-refractivity contribution < 1.29 is 14.2 Å². The molecule has 0 aliphatic carbocycles. The molecule has 0 fully saturated rings. The van der Waals surface area contributed by atoms with Crippen LogP contribution in [0.4, 0.5) is 0 Å². The van der Waals surface area contributed by atoms with Gasteiger partial charge in [0.15, 0.2) is 11.5 Å². The Balaban J connectivity index is 0.00000484. The number of allylic oxidation sites excluding steroid dienone is 1. The van der Waals surface area contributed by atoms with Crippen molar-refractivity contribution in [3.8, 4) is 11.5 Å². The van der Waals surface area contributed by atoms with E-state index >= 15 is 0 Å². The van der Waals surface area contributed by atoms with Gasteiger partial charge in [0.2, 0.25) is 0 Å². The van der Waals surface area contributed by atoms with Crippen LogP contribution in [0.25, 0.3) is 0 Å². The predicted molar refractivity (Wildman–Crippen MR) is 98.1 cm³/mol. The number of rotatable bonds is 12. The van der Waals surface area contributed by atoms with Crippen LogP contribution in [-0.2, 0) is 17.7 Å². The van der Waals surface area contributed by atoms with Crippen LogP contribution in [-0.4, -0.2) is 33.5 Å². The number of benzene rings is 1. The quantitative estimate of drug-likeness (QED) is 0.463. The van der Waals surface area contributed by atoms with Crippen molar-refractivity contribution in [3.63, 3.8) is 0 Å². The second kappa shape index (κ2) is 13.2. The van der Waals surface area contributed by atoms with E-state index in [-0.39, 0.29) is 12.4 Å². The molecule has 0 spiro atoms. The van der Waals surface area contributed by atoms with Crippen LogP contribution in [0, 0.1) is 0 Å². The fraction of sp³-hybridized carbons (Fsp3) is 0.556. The van der Waals surface area contributed by atoms with Crippen molar-refractivity contribution in [1.82, 2.24) is 5.32 Å². The highest BCUT2D eigenvalue weighted by atomic mass is 35.5. The van der Waals surface area contributed by atoms with E-state index in [4.69, 9.17) is 14.2 Å². The molecule has 1 N–H and O–H groups in total. The summed E-state index contributed by atoms with van der Waals surface area (Å²) in [5, 5.41) is 3.43. The first-order chi connectivity index (χ1) is 10.8. The fourth-order valence-corrected chi connectivity index (χ4v) is 2.27. The van der Waals surface area contributed by atoms with E-state index < -0.39 is 0 Å². The highest BCUT2D eigenvalue weighted by molar-refractivity contribution is 5.85. The van der Waals surface area contributed by atoms with Gasteiger partial charge in [0, 0.05) is 25.3 Å². The molecule has 0 aromatic heterocycles. The Bertz CT molecular complexity index is 452. The average molecular weight is 344 g/mol. The predicted octanol–water partition coefficient (Wildman–Crippen LogP) is 3.76. The van der Waals surface area contributed by atoms with Crippen molar-refractivity contribution in [2.75, 3.05) is 33.5 Å². The zero-order valence-corrected chi connectivity index (χ0v) is 15.3. The average Bonchev–Trinajstić information content (AvgIpc) is 2.53. The molecule has 1 aromatic rings. The third-order valence-corrected chi connectivity index (χ3v) is 3.24. The normalized spacial score (nSPS) is 10.0. The van der Waals surface area contributed by atoms with Gasteiger partial charge in [0.05, 0.1) is 13.7 Å². The molecule has 132 valence electrons. The Hall–Kier alpha value is -1.23. The maximum Gasteiger partial charge on any atom is 0.164 e. The third kappa shape index (κ3) is 7.73. The minimum absolute atomic E-state index is 0.